The molecule has 1 aliphatic rings. The zero-order chi connectivity index (χ0) is 12.5. The average Bonchev–Trinajstić information content (AvgIpc) is 2.71. The Bertz CT molecular complexity index is 605. The minimum atomic E-state index is -0.302. The van der Waals surface area contributed by atoms with Crippen molar-refractivity contribution >= 4 is 5.65 Å². The first-order valence-electron chi connectivity index (χ1n) is 6.07. The summed E-state index contributed by atoms with van der Waals surface area (Å²) < 4.78 is 7.12. The first kappa shape index (κ1) is 11.2. The van der Waals surface area contributed by atoms with Crippen LogP contribution >= 0.6 is 0 Å². The minimum absolute atomic E-state index is 0.106. The number of nitrogens with zero attached hydrogens (tertiary/aromatic N) is 3. The fourth-order valence-corrected chi connectivity index (χ4v) is 2.32. The Morgan fingerprint density at radius 1 is 1.50 bits per heavy atom. The van der Waals surface area contributed by atoms with Crippen molar-refractivity contribution in [2.24, 2.45) is 5.73 Å². The second kappa shape index (κ2) is 4.41. The third kappa shape index (κ3) is 2.08. The van der Waals surface area contributed by atoms with Crippen LogP contribution in [0.25, 0.3) is 5.65 Å². The van der Waals surface area contributed by atoms with Crippen molar-refractivity contribution in [2.75, 3.05) is 0 Å². The lowest BCUT2D eigenvalue weighted by Gasteiger charge is -2.26. The smallest absolute Gasteiger partial charge is 0.348 e. The van der Waals surface area contributed by atoms with Gasteiger partial charge in [-0.15, -0.1) is 0 Å². The molecule has 7 heteroatoms. The highest BCUT2D eigenvalue weighted by atomic mass is 16.5. The third-order valence-corrected chi connectivity index (χ3v) is 3.24. The molecule has 2 unspecified atom stereocenters. The number of rotatable bonds is 2. The van der Waals surface area contributed by atoms with Crippen LogP contribution in [0.1, 0.15) is 25.7 Å². The summed E-state index contributed by atoms with van der Waals surface area (Å²) in [5.74, 6) is 0.487. The van der Waals surface area contributed by atoms with E-state index in [9.17, 15) is 4.79 Å². The van der Waals surface area contributed by atoms with E-state index in [2.05, 4.69) is 15.2 Å². The highest BCUT2D eigenvalue weighted by Gasteiger charge is 2.21. The van der Waals surface area contributed by atoms with Gasteiger partial charge >= 0.3 is 5.69 Å². The summed E-state index contributed by atoms with van der Waals surface area (Å²) in [6, 6.07) is 1.86. The maximum absolute atomic E-state index is 11.3. The Morgan fingerprint density at radius 2 is 2.39 bits per heavy atom. The van der Waals surface area contributed by atoms with Crippen molar-refractivity contribution < 1.29 is 4.74 Å². The molecule has 7 nitrogen and oxygen atoms in total. The molecule has 0 saturated heterocycles. The van der Waals surface area contributed by atoms with Gasteiger partial charge in [-0.2, -0.15) is 5.10 Å². The van der Waals surface area contributed by atoms with Crippen molar-refractivity contribution in [3.8, 4) is 5.88 Å². The monoisotopic (exact) mass is 249 g/mol. The maximum atomic E-state index is 11.3. The number of hydrogen-bond acceptors (Lipinski definition) is 5. The molecule has 0 radical (unpaired) electrons. The van der Waals surface area contributed by atoms with Crippen LogP contribution in [0.15, 0.2) is 17.2 Å². The van der Waals surface area contributed by atoms with Crippen LogP contribution in [0.3, 0.4) is 0 Å². The number of aromatic nitrogens is 4. The van der Waals surface area contributed by atoms with E-state index in [1.165, 1.54) is 10.7 Å². The van der Waals surface area contributed by atoms with Crippen molar-refractivity contribution in [3.05, 3.63) is 22.9 Å². The molecule has 0 aromatic carbocycles. The molecule has 2 aromatic rings. The van der Waals surface area contributed by atoms with Crippen molar-refractivity contribution in [3.63, 3.8) is 0 Å². The second-order valence-corrected chi connectivity index (χ2v) is 4.65. The Balaban J connectivity index is 1.80. The molecule has 18 heavy (non-hydrogen) atoms. The number of nitrogens with two attached hydrogens (primary N) is 1. The van der Waals surface area contributed by atoms with Crippen LogP contribution in [0.4, 0.5) is 0 Å². The first-order valence-corrected chi connectivity index (χ1v) is 6.07. The quantitative estimate of drug-likeness (QED) is 0.784. The molecule has 0 spiro atoms. The summed E-state index contributed by atoms with van der Waals surface area (Å²) in [5.41, 5.74) is 6.11. The highest BCUT2D eigenvalue weighted by Crippen LogP contribution is 2.21. The Labute approximate surface area is 103 Å². The van der Waals surface area contributed by atoms with Crippen LogP contribution < -0.4 is 16.2 Å². The molecule has 3 rings (SSSR count). The number of fused-ring (bicyclic) bond motifs is 1. The van der Waals surface area contributed by atoms with Gasteiger partial charge in [-0.05, 0) is 25.7 Å². The summed E-state index contributed by atoms with van der Waals surface area (Å²) in [5, 5.41) is 6.22. The number of ether oxygens (including phenoxy) is 1. The summed E-state index contributed by atoms with van der Waals surface area (Å²) in [7, 11) is 0. The van der Waals surface area contributed by atoms with Gasteiger partial charge in [-0.1, -0.05) is 0 Å². The van der Waals surface area contributed by atoms with Crippen molar-refractivity contribution in [1.82, 2.24) is 19.6 Å². The van der Waals surface area contributed by atoms with Crippen molar-refractivity contribution in [1.29, 1.82) is 0 Å². The second-order valence-electron chi connectivity index (χ2n) is 4.65. The topological polar surface area (TPSA) is 98.3 Å². The van der Waals surface area contributed by atoms with Gasteiger partial charge in [0.05, 0.1) is 0 Å². The zero-order valence-electron chi connectivity index (χ0n) is 9.87. The van der Waals surface area contributed by atoms with Crippen molar-refractivity contribution in [2.45, 2.75) is 37.8 Å². The normalized spacial score (nSPS) is 24.3. The van der Waals surface area contributed by atoms with E-state index < -0.39 is 0 Å². The summed E-state index contributed by atoms with van der Waals surface area (Å²) >= 11 is 0. The van der Waals surface area contributed by atoms with E-state index in [0.29, 0.717) is 11.5 Å². The molecule has 1 fully saturated rings. The minimum Gasteiger partial charge on any atom is -0.474 e. The molecule has 96 valence electrons. The fraction of sp³-hybridized carbons (Fsp3) is 0.545. The van der Waals surface area contributed by atoms with Gasteiger partial charge in [0.25, 0.3) is 0 Å². The fourth-order valence-electron chi connectivity index (χ4n) is 2.32. The molecule has 2 atom stereocenters. The van der Waals surface area contributed by atoms with Gasteiger partial charge < -0.3 is 10.5 Å². The van der Waals surface area contributed by atoms with E-state index in [1.54, 1.807) is 6.07 Å². The lowest BCUT2D eigenvalue weighted by molar-refractivity contribution is 0.138. The molecule has 2 aromatic heterocycles. The first-order chi connectivity index (χ1) is 8.72. The van der Waals surface area contributed by atoms with E-state index >= 15 is 0 Å². The highest BCUT2D eigenvalue weighted by molar-refractivity contribution is 5.39. The predicted molar refractivity (Wildman–Crippen MR) is 64.5 cm³/mol. The molecule has 0 bridgehead atoms. The molecule has 3 N–H and O–H groups in total. The number of hydrogen-bond donors (Lipinski definition) is 2. The van der Waals surface area contributed by atoms with Gasteiger partial charge in [-0.25, -0.2) is 19.3 Å². The van der Waals surface area contributed by atoms with Gasteiger partial charge in [0.1, 0.15) is 12.4 Å². The third-order valence-electron chi connectivity index (χ3n) is 3.24. The number of nitrogens with one attached hydrogen (secondary N) is 1. The number of H-pyrrole nitrogens is 1. The van der Waals surface area contributed by atoms with Crippen LogP contribution in [0.5, 0.6) is 5.88 Å². The van der Waals surface area contributed by atoms with Gasteiger partial charge in [-0.3, -0.25) is 0 Å². The maximum Gasteiger partial charge on any atom is 0.348 e. The Morgan fingerprint density at radius 3 is 3.22 bits per heavy atom. The van der Waals surface area contributed by atoms with Gasteiger partial charge in [0, 0.05) is 12.1 Å². The molecular weight excluding hydrogens is 234 g/mol. The Kier molecular flexibility index (Phi) is 2.75. The molecular formula is C11H15N5O2. The van der Waals surface area contributed by atoms with Crippen LogP contribution in [-0.4, -0.2) is 31.7 Å². The molecule has 1 saturated carbocycles. The largest absolute Gasteiger partial charge is 0.474 e. The van der Waals surface area contributed by atoms with Gasteiger partial charge in [0.15, 0.2) is 5.65 Å². The summed E-state index contributed by atoms with van der Waals surface area (Å²) in [4.78, 5) is 15.4. The van der Waals surface area contributed by atoms with E-state index in [0.717, 1.165) is 25.7 Å². The standard InChI is InChI=1S/C11H15N5O2/c12-7-2-1-3-8(4-7)18-10-5-9-14-15-11(17)16(9)6-13-10/h5-8H,1-4,12H2,(H,15,17). The van der Waals surface area contributed by atoms with Crippen LogP contribution in [0.2, 0.25) is 0 Å². The van der Waals surface area contributed by atoms with Gasteiger partial charge in [0.2, 0.25) is 5.88 Å². The molecule has 0 amide bonds. The molecule has 0 aliphatic heterocycles. The summed E-state index contributed by atoms with van der Waals surface area (Å²) in [6.07, 6.45) is 5.50. The zero-order valence-corrected chi connectivity index (χ0v) is 9.87. The lowest BCUT2D eigenvalue weighted by atomic mass is 9.94. The van der Waals surface area contributed by atoms with E-state index in [1.807, 2.05) is 0 Å². The average molecular weight is 249 g/mol. The van der Waals surface area contributed by atoms with Crippen LogP contribution in [-0.2, 0) is 0 Å². The molecule has 1 aliphatic carbocycles. The predicted octanol–water partition coefficient (Wildman–Crippen LogP) is 0.0663. The van der Waals surface area contributed by atoms with E-state index in [4.69, 9.17) is 10.5 Å². The molecule has 2 heterocycles. The number of aromatic amines is 1. The van der Waals surface area contributed by atoms with Crippen LogP contribution in [0, 0.1) is 0 Å². The SMILES string of the molecule is NC1CCCC(Oc2cc3n[nH]c(=O)n3cn2)C1. The Hall–Kier alpha value is -1.89. The van der Waals surface area contributed by atoms with E-state index in [-0.39, 0.29) is 17.8 Å². The summed E-state index contributed by atoms with van der Waals surface area (Å²) in [6.45, 7) is 0. The lowest BCUT2D eigenvalue weighted by Crippen LogP contribution is -2.33.